The lowest BCUT2D eigenvalue weighted by molar-refractivity contribution is 0.510. The van der Waals surface area contributed by atoms with Crippen LogP contribution in [-0.4, -0.2) is 23.5 Å². The first-order valence-corrected chi connectivity index (χ1v) is 5.56. The van der Waals surface area contributed by atoms with Crippen molar-refractivity contribution in [1.29, 1.82) is 0 Å². The van der Waals surface area contributed by atoms with Crippen molar-refractivity contribution in [2.24, 2.45) is 5.92 Å². The summed E-state index contributed by atoms with van der Waals surface area (Å²) in [5.41, 5.74) is 1.16. The van der Waals surface area contributed by atoms with Gasteiger partial charge in [-0.3, -0.25) is 0 Å². The second kappa shape index (κ2) is 4.07. The van der Waals surface area contributed by atoms with Crippen LogP contribution in [0.25, 0.3) is 0 Å². The fraction of sp³-hybridized carbons (Fsp3) is 0.667. The van der Waals surface area contributed by atoms with Crippen LogP contribution < -0.4 is 10.6 Å². The highest BCUT2D eigenvalue weighted by Crippen LogP contribution is 2.17. The van der Waals surface area contributed by atoms with Crippen LogP contribution >= 0.6 is 11.5 Å². The van der Waals surface area contributed by atoms with E-state index in [1.165, 1.54) is 24.5 Å². The first-order valence-electron chi connectivity index (χ1n) is 4.73. The highest BCUT2D eigenvalue weighted by Gasteiger charge is 2.20. The van der Waals surface area contributed by atoms with Gasteiger partial charge in [-0.25, -0.2) is 0 Å². The Morgan fingerprint density at radius 1 is 1.77 bits per heavy atom. The lowest BCUT2D eigenvalue weighted by Gasteiger charge is -2.19. The van der Waals surface area contributed by atoms with Gasteiger partial charge in [0, 0.05) is 11.4 Å². The van der Waals surface area contributed by atoms with Crippen molar-refractivity contribution in [2.75, 3.05) is 18.4 Å². The van der Waals surface area contributed by atoms with Crippen molar-refractivity contribution >= 4 is 17.2 Å². The van der Waals surface area contributed by atoms with Crippen LogP contribution in [0.1, 0.15) is 13.3 Å². The summed E-state index contributed by atoms with van der Waals surface area (Å²) >= 11 is 1.50. The Kier molecular flexibility index (Phi) is 2.80. The van der Waals surface area contributed by atoms with Gasteiger partial charge in [-0.2, -0.15) is 4.37 Å². The largest absolute Gasteiger partial charge is 0.380 e. The Morgan fingerprint density at radius 2 is 2.69 bits per heavy atom. The molecule has 0 bridgehead atoms. The Bertz CT molecular complexity index is 241. The topological polar surface area (TPSA) is 37.0 Å². The third-order valence-electron chi connectivity index (χ3n) is 2.63. The Balaban J connectivity index is 1.87. The molecule has 1 fully saturated rings. The van der Waals surface area contributed by atoms with Crippen LogP contribution in [-0.2, 0) is 0 Å². The summed E-state index contributed by atoms with van der Waals surface area (Å²) in [6, 6.07) is 0.548. The number of anilines is 1. The van der Waals surface area contributed by atoms with E-state index in [-0.39, 0.29) is 0 Å². The van der Waals surface area contributed by atoms with Gasteiger partial charge in [-0.15, -0.1) is 0 Å². The molecule has 0 aromatic carbocycles. The molecule has 0 aliphatic carbocycles. The average Bonchev–Trinajstić information content (AvgIpc) is 2.74. The molecule has 1 aliphatic heterocycles. The van der Waals surface area contributed by atoms with Gasteiger partial charge < -0.3 is 10.6 Å². The zero-order chi connectivity index (χ0) is 9.10. The molecule has 2 atom stereocenters. The SMILES string of the molecule is CC(Nc1cnsc1)C1CCNC1. The Morgan fingerprint density at radius 3 is 3.31 bits per heavy atom. The van der Waals surface area contributed by atoms with Crippen molar-refractivity contribution < 1.29 is 0 Å². The van der Waals surface area contributed by atoms with E-state index in [1.54, 1.807) is 0 Å². The molecule has 2 unspecified atom stereocenters. The van der Waals surface area contributed by atoms with E-state index in [2.05, 4.69) is 27.3 Å². The normalized spacial score (nSPS) is 24.5. The summed E-state index contributed by atoms with van der Waals surface area (Å²) < 4.78 is 4.07. The van der Waals surface area contributed by atoms with Crippen molar-refractivity contribution in [3.8, 4) is 0 Å². The molecule has 0 saturated carbocycles. The first kappa shape index (κ1) is 8.97. The number of nitrogens with zero attached hydrogens (tertiary/aromatic N) is 1. The maximum absolute atomic E-state index is 4.07. The van der Waals surface area contributed by atoms with Gasteiger partial charge in [0.05, 0.1) is 11.9 Å². The van der Waals surface area contributed by atoms with Crippen molar-refractivity contribution in [3.05, 3.63) is 11.6 Å². The molecule has 3 nitrogen and oxygen atoms in total. The molecule has 13 heavy (non-hydrogen) atoms. The summed E-state index contributed by atoms with van der Waals surface area (Å²) in [6.45, 7) is 4.56. The summed E-state index contributed by atoms with van der Waals surface area (Å²) in [4.78, 5) is 0. The number of rotatable bonds is 3. The molecule has 1 aromatic rings. The molecular formula is C9H15N3S. The third kappa shape index (κ3) is 2.19. The molecule has 4 heteroatoms. The summed E-state index contributed by atoms with van der Waals surface area (Å²) in [5, 5.41) is 8.91. The molecule has 2 heterocycles. The Labute approximate surface area is 82.7 Å². The summed E-state index contributed by atoms with van der Waals surface area (Å²) in [5.74, 6) is 0.764. The van der Waals surface area contributed by atoms with Gasteiger partial charge in [-0.05, 0) is 43.9 Å². The fourth-order valence-corrected chi connectivity index (χ4v) is 2.24. The monoisotopic (exact) mass is 197 g/mol. The second-order valence-corrected chi connectivity index (χ2v) is 4.26. The van der Waals surface area contributed by atoms with Gasteiger partial charge in [0.2, 0.25) is 0 Å². The quantitative estimate of drug-likeness (QED) is 0.772. The molecule has 0 amide bonds. The molecular weight excluding hydrogens is 182 g/mol. The van der Waals surface area contributed by atoms with Crippen molar-refractivity contribution in [3.63, 3.8) is 0 Å². The predicted molar refractivity (Wildman–Crippen MR) is 56.2 cm³/mol. The number of hydrogen-bond donors (Lipinski definition) is 2. The minimum Gasteiger partial charge on any atom is -0.380 e. The highest BCUT2D eigenvalue weighted by molar-refractivity contribution is 7.04. The van der Waals surface area contributed by atoms with E-state index in [9.17, 15) is 0 Å². The second-order valence-electron chi connectivity index (χ2n) is 3.60. The Hall–Kier alpha value is -0.610. The maximum Gasteiger partial charge on any atom is 0.0655 e. The zero-order valence-corrected chi connectivity index (χ0v) is 8.60. The summed E-state index contributed by atoms with van der Waals surface area (Å²) in [6.07, 6.45) is 3.18. The highest BCUT2D eigenvalue weighted by atomic mass is 32.1. The van der Waals surface area contributed by atoms with E-state index < -0.39 is 0 Å². The molecule has 2 N–H and O–H groups in total. The zero-order valence-electron chi connectivity index (χ0n) is 7.79. The van der Waals surface area contributed by atoms with Crippen LogP contribution in [0, 0.1) is 5.92 Å². The minimum absolute atomic E-state index is 0.548. The van der Waals surface area contributed by atoms with E-state index in [1.807, 2.05) is 6.20 Å². The standard InChI is InChI=1S/C9H15N3S/c1-7(8-2-3-10-4-8)12-9-5-11-13-6-9/h5-8,10,12H,2-4H2,1H3. The van der Waals surface area contributed by atoms with Gasteiger partial charge in [0.25, 0.3) is 0 Å². The van der Waals surface area contributed by atoms with Crippen LogP contribution in [0.15, 0.2) is 11.6 Å². The predicted octanol–water partition coefficient (Wildman–Crippen LogP) is 1.55. The molecule has 2 rings (SSSR count). The number of nitrogens with one attached hydrogen (secondary N) is 2. The van der Waals surface area contributed by atoms with Crippen LogP contribution in [0.4, 0.5) is 5.69 Å². The van der Waals surface area contributed by atoms with E-state index >= 15 is 0 Å². The van der Waals surface area contributed by atoms with E-state index in [0.717, 1.165) is 18.2 Å². The third-order valence-corrected chi connectivity index (χ3v) is 3.22. The van der Waals surface area contributed by atoms with Gasteiger partial charge in [0.15, 0.2) is 0 Å². The smallest absolute Gasteiger partial charge is 0.0655 e. The van der Waals surface area contributed by atoms with Crippen LogP contribution in [0.2, 0.25) is 0 Å². The van der Waals surface area contributed by atoms with Gasteiger partial charge >= 0.3 is 0 Å². The van der Waals surface area contributed by atoms with Crippen LogP contribution in [0.3, 0.4) is 0 Å². The lowest BCUT2D eigenvalue weighted by Crippen LogP contribution is -2.27. The number of aromatic nitrogens is 1. The van der Waals surface area contributed by atoms with Crippen molar-refractivity contribution in [1.82, 2.24) is 9.69 Å². The molecule has 0 spiro atoms. The van der Waals surface area contributed by atoms with Crippen molar-refractivity contribution in [2.45, 2.75) is 19.4 Å². The van der Waals surface area contributed by atoms with E-state index in [0.29, 0.717) is 6.04 Å². The first-order chi connectivity index (χ1) is 6.36. The van der Waals surface area contributed by atoms with E-state index in [4.69, 9.17) is 0 Å². The van der Waals surface area contributed by atoms with Crippen LogP contribution in [0.5, 0.6) is 0 Å². The summed E-state index contributed by atoms with van der Waals surface area (Å²) in [7, 11) is 0. The maximum atomic E-state index is 4.07. The molecule has 1 saturated heterocycles. The molecule has 72 valence electrons. The van der Waals surface area contributed by atoms with Gasteiger partial charge in [-0.1, -0.05) is 0 Å². The molecule has 1 aliphatic rings. The average molecular weight is 197 g/mol. The molecule has 0 radical (unpaired) electrons. The fourth-order valence-electron chi connectivity index (χ4n) is 1.76. The molecule has 1 aromatic heterocycles. The minimum atomic E-state index is 0.548. The van der Waals surface area contributed by atoms with Gasteiger partial charge in [0.1, 0.15) is 0 Å². The number of hydrogen-bond acceptors (Lipinski definition) is 4. The lowest BCUT2D eigenvalue weighted by atomic mass is 10.0.